The number of fused-ring (bicyclic) bond motifs is 2. The maximum absolute atomic E-state index is 13.3. The predicted octanol–water partition coefficient (Wildman–Crippen LogP) is 6.43. The van der Waals surface area contributed by atoms with Gasteiger partial charge in [-0.25, -0.2) is 9.97 Å². The topological polar surface area (TPSA) is 103 Å². The van der Waals surface area contributed by atoms with Crippen LogP contribution in [0.5, 0.6) is 0 Å². The Kier molecular flexibility index (Phi) is 5.60. The van der Waals surface area contributed by atoms with Crippen LogP contribution in [0.4, 0.5) is 11.5 Å². The van der Waals surface area contributed by atoms with E-state index in [0.717, 1.165) is 59.0 Å². The van der Waals surface area contributed by atoms with Crippen LogP contribution in [0, 0.1) is 5.41 Å². The molecule has 192 valence electrons. The van der Waals surface area contributed by atoms with Gasteiger partial charge in [0.2, 0.25) is 0 Å². The fourth-order valence-electron chi connectivity index (χ4n) is 6.27. The standard InChI is InChI=1S/C30H31N7O/c38-29(37-14-11-30(12-15-37)9-2-1-3-10-30)26-17-20-4-5-21(18-25(20)34-26)28-31-13-8-27(35-28)33-23-6-7-24-22(16-23)19-32-36-24/h4-8,13,16-19,34H,1-3,9-12,14-15H2,(H,32,36)(H,31,33,35). The molecule has 0 unspecified atom stereocenters. The van der Waals surface area contributed by atoms with Gasteiger partial charge in [-0.3, -0.25) is 9.89 Å². The normalized spacial score (nSPS) is 17.3. The Morgan fingerprint density at radius 2 is 1.76 bits per heavy atom. The predicted molar refractivity (Wildman–Crippen MR) is 149 cm³/mol. The van der Waals surface area contributed by atoms with E-state index in [4.69, 9.17) is 4.98 Å². The molecule has 0 bridgehead atoms. The second kappa shape index (κ2) is 9.28. The van der Waals surface area contributed by atoms with E-state index < -0.39 is 0 Å². The number of likely N-dealkylation sites (tertiary alicyclic amines) is 1. The number of benzene rings is 2. The van der Waals surface area contributed by atoms with Crippen LogP contribution < -0.4 is 5.32 Å². The van der Waals surface area contributed by atoms with Gasteiger partial charge in [-0.05, 0) is 67.5 Å². The smallest absolute Gasteiger partial charge is 0.270 e. The van der Waals surface area contributed by atoms with Gasteiger partial charge in [0.25, 0.3) is 5.91 Å². The van der Waals surface area contributed by atoms with E-state index in [2.05, 4.69) is 25.5 Å². The first-order valence-corrected chi connectivity index (χ1v) is 13.6. The molecule has 0 radical (unpaired) electrons. The summed E-state index contributed by atoms with van der Waals surface area (Å²) in [5.74, 6) is 1.43. The maximum Gasteiger partial charge on any atom is 0.270 e. The van der Waals surface area contributed by atoms with Crippen LogP contribution in [-0.4, -0.2) is 49.0 Å². The Bertz CT molecular complexity index is 1620. The molecule has 1 spiro atoms. The Morgan fingerprint density at radius 1 is 0.895 bits per heavy atom. The molecule has 38 heavy (non-hydrogen) atoms. The molecule has 8 nitrogen and oxygen atoms in total. The summed E-state index contributed by atoms with van der Waals surface area (Å²) < 4.78 is 0. The highest BCUT2D eigenvalue weighted by Crippen LogP contribution is 2.44. The Morgan fingerprint density at radius 3 is 2.63 bits per heavy atom. The molecule has 2 fully saturated rings. The zero-order valence-electron chi connectivity index (χ0n) is 21.3. The van der Waals surface area contributed by atoms with E-state index in [-0.39, 0.29) is 5.91 Å². The minimum absolute atomic E-state index is 0.102. The van der Waals surface area contributed by atoms with Crippen LogP contribution in [-0.2, 0) is 0 Å². The van der Waals surface area contributed by atoms with Gasteiger partial charge in [0.15, 0.2) is 5.82 Å². The first-order valence-electron chi connectivity index (χ1n) is 13.6. The summed E-state index contributed by atoms with van der Waals surface area (Å²) in [5.41, 5.74) is 4.87. The van der Waals surface area contributed by atoms with Crippen molar-refractivity contribution in [3.05, 3.63) is 66.6 Å². The minimum Gasteiger partial charge on any atom is -0.351 e. The van der Waals surface area contributed by atoms with Gasteiger partial charge in [-0.15, -0.1) is 0 Å². The summed E-state index contributed by atoms with van der Waals surface area (Å²) in [6.45, 7) is 1.72. The van der Waals surface area contributed by atoms with E-state index >= 15 is 0 Å². The van der Waals surface area contributed by atoms with Crippen molar-refractivity contribution >= 4 is 39.2 Å². The first kappa shape index (κ1) is 23.0. The monoisotopic (exact) mass is 505 g/mol. The molecule has 8 heteroatoms. The van der Waals surface area contributed by atoms with Crippen LogP contribution in [0.15, 0.2) is 60.9 Å². The van der Waals surface area contributed by atoms with Crippen molar-refractivity contribution < 1.29 is 4.79 Å². The second-order valence-corrected chi connectivity index (χ2v) is 10.9. The van der Waals surface area contributed by atoms with Crippen molar-refractivity contribution in [2.75, 3.05) is 18.4 Å². The quantitative estimate of drug-likeness (QED) is 0.261. The van der Waals surface area contributed by atoms with Gasteiger partial charge in [-0.2, -0.15) is 5.10 Å². The lowest BCUT2D eigenvalue weighted by molar-refractivity contribution is 0.0468. The largest absolute Gasteiger partial charge is 0.351 e. The zero-order valence-corrected chi connectivity index (χ0v) is 21.3. The highest BCUT2D eigenvalue weighted by atomic mass is 16.2. The van der Waals surface area contributed by atoms with E-state index in [9.17, 15) is 4.79 Å². The Labute approximate surface area is 220 Å². The third-order valence-electron chi connectivity index (χ3n) is 8.50. The SMILES string of the molecule is O=C(c1cc2ccc(-c3nccc(Nc4ccc5[nH]ncc5c4)n3)cc2[nH]1)N1CCC2(CCCCC2)CC1. The van der Waals surface area contributed by atoms with Crippen molar-refractivity contribution in [3.8, 4) is 11.4 Å². The molecule has 1 saturated carbocycles. The van der Waals surface area contributed by atoms with Crippen LogP contribution in [0.2, 0.25) is 0 Å². The van der Waals surface area contributed by atoms with Crippen molar-refractivity contribution in [2.24, 2.45) is 5.41 Å². The fraction of sp³-hybridized carbons (Fsp3) is 0.333. The number of carbonyl (C=O) groups excluding carboxylic acids is 1. The molecule has 3 N–H and O–H groups in total. The lowest BCUT2D eigenvalue weighted by atomic mass is 9.68. The van der Waals surface area contributed by atoms with Crippen molar-refractivity contribution in [3.63, 3.8) is 0 Å². The Hall–Kier alpha value is -4.20. The molecule has 5 aromatic rings. The number of hydrogen-bond acceptors (Lipinski definition) is 5. The van der Waals surface area contributed by atoms with Gasteiger partial charge in [0, 0.05) is 46.8 Å². The molecule has 3 aromatic heterocycles. The number of rotatable bonds is 4. The highest BCUT2D eigenvalue weighted by molar-refractivity contribution is 5.98. The number of H-pyrrole nitrogens is 2. The van der Waals surface area contributed by atoms with Gasteiger partial charge >= 0.3 is 0 Å². The molecular weight excluding hydrogens is 474 g/mol. The summed E-state index contributed by atoms with van der Waals surface area (Å²) in [6.07, 6.45) is 12.6. The lowest BCUT2D eigenvalue weighted by Gasteiger charge is -2.44. The molecule has 1 aliphatic heterocycles. The van der Waals surface area contributed by atoms with E-state index in [1.165, 1.54) is 32.1 Å². The molecule has 1 saturated heterocycles. The summed E-state index contributed by atoms with van der Waals surface area (Å²) in [4.78, 5) is 28.0. The van der Waals surface area contributed by atoms with Crippen LogP contribution in [0.1, 0.15) is 55.4 Å². The lowest BCUT2D eigenvalue weighted by Crippen LogP contribution is -2.44. The van der Waals surface area contributed by atoms with E-state index in [1.54, 1.807) is 12.4 Å². The second-order valence-electron chi connectivity index (χ2n) is 10.9. The fourth-order valence-corrected chi connectivity index (χ4v) is 6.27. The summed E-state index contributed by atoms with van der Waals surface area (Å²) in [6, 6.07) is 15.9. The number of anilines is 2. The molecule has 1 amide bonds. The van der Waals surface area contributed by atoms with E-state index in [1.807, 2.05) is 53.4 Å². The van der Waals surface area contributed by atoms with Crippen molar-refractivity contribution in [1.82, 2.24) is 30.0 Å². The maximum atomic E-state index is 13.3. The van der Waals surface area contributed by atoms with Crippen LogP contribution >= 0.6 is 0 Å². The molecule has 2 aromatic carbocycles. The molecule has 4 heterocycles. The number of carbonyl (C=O) groups is 1. The van der Waals surface area contributed by atoms with Crippen LogP contribution in [0.25, 0.3) is 33.2 Å². The molecule has 1 aliphatic carbocycles. The number of nitrogens with one attached hydrogen (secondary N) is 3. The summed E-state index contributed by atoms with van der Waals surface area (Å²) in [5, 5.41) is 12.5. The first-order chi connectivity index (χ1) is 18.6. The average molecular weight is 506 g/mol. The Balaban J connectivity index is 1.08. The number of nitrogens with zero attached hydrogens (tertiary/aromatic N) is 4. The molecule has 7 rings (SSSR count). The number of piperidine rings is 1. The molecule has 0 atom stereocenters. The average Bonchev–Trinajstić information content (AvgIpc) is 3.60. The summed E-state index contributed by atoms with van der Waals surface area (Å²) >= 11 is 0. The van der Waals surface area contributed by atoms with Gasteiger partial charge < -0.3 is 15.2 Å². The number of amides is 1. The van der Waals surface area contributed by atoms with Gasteiger partial charge in [-0.1, -0.05) is 31.4 Å². The highest BCUT2D eigenvalue weighted by Gasteiger charge is 2.37. The third kappa shape index (κ3) is 4.30. The number of hydrogen-bond donors (Lipinski definition) is 3. The van der Waals surface area contributed by atoms with Gasteiger partial charge in [0.05, 0.1) is 11.7 Å². The van der Waals surface area contributed by atoms with Gasteiger partial charge in [0.1, 0.15) is 11.5 Å². The number of aromatic nitrogens is 5. The molecular formula is C30H31N7O. The van der Waals surface area contributed by atoms with Crippen molar-refractivity contribution in [1.29, 1.82) is 0 Å². The van der Waals surface area contributed by atoms with E-state index in [0.29, 0.717) is 22.8 Å². The zero-order chi connectivity index (χ0) is 25.5. The molecule has 2 aliphatic rings. The summed E-state index contributed by atoms with van der Waals surface area (Å²) in [7, 11) is 0. The number of aromatic amines is 2. The minimum atomic E-state index is 0.102. The van der Waals surface area contributed by atoms with Crippen molar-refractivity contribution in [2.45, 2.75) is 44.9 Å². The van der Waals surface area contributed by atoms with Crippen LogP contribution in [0.3, 0.4) is 0 Å². The third-order valence-corrected chi connectivity index (χ3v) is 8.50.